The minimum atomic E-state index is -0.423. The Morgan fingerprint density at radius 1 is 1.38 bits per heavy atom. The van der Waals surface area contributed by atoms with Gasteiger partial charge in [0.1, 0.15) is 5.69 Å². The fraction of sp³-hybridized carbons (Fsp3) is 0.632. The second-order valence-corrected chi connectivity index (χ2v) is 7.55. The molecule has 0 unspecified atom stereocenters. The Kier molecular flexibility index (Phi) is 6.97. The first-order chi connectivity index (χ1) is 12.3. The lowest BCUT2D eigenvalue weighted by molar-refractivity contribution is -0.384. The third-order valence-electron chi connectivity index (χ3n) is 5.40. The first kappa shape index (κ1) is 20.2. The van der Waals surface area contributed by atoms with E-state index < -0.39 is 4.92 Å². The normalized spacial score (nSPS) is 22.8. The zero-order chi connectivity index (χ0) is 19.2. The van der Waals surface area contributed by atoms with Gasteiger partial charge in [0, 0.05) is 31.1 Å². The van der Waals surface area contributed by atoms with Crippen molar-refractivity contribution in [3.8, 4) is 0 Å². The summed E-state index contributed by atoms with van der Waals surface area (Å²) in [4.78, 5) is 25.1. The van der Waals surface area contributed by atoms with Crippen LogP contribution in [0.2, 0.25) is 0 Å². The smallest absolute Gasteiger partial charge is 0.292 e. The summed E-state index contributed by atoms with van der Waals surface area (Å²) in [6.07, 6.45) is 4.91. The van der Waals surface area contributed by atoms with Gasteiger partial charge in [-0.25, -0.2) is 0 Å². The molecule has 1 aliphatic rings. The lowest BCUT2D eigenvalue weighted by Crippen LogP contribution is -2.55. The van der Waals surface area contributed by atoms with E-state index in [0.29, 0.717) is 24.7 Å². The van der Waals surface area contributed by atoms with Crippen LogP contribution in [0.25, 0.3) is 0 Å². The molecule has 0 radical (unpaired) electrons. The van der Waals surface area contributed by atoms with E-state index in [1.165, 1.54) is 18.9 Å². The highest BCUT2D eigenvalue weighted by atomic mass is 16.6. The standard InChI is InChI=1S/C19H30N4O3/c1-15-7-6-11-19(13-15,22(2)3)14-21-18(24)10-12-20-16-8-4-5-9-17(16)23(25)26/h4-5,8-9,15,20H,6-7,10-14H2,1-3H3,(H,21,24)/t15-,19-/m0/s1. The summed E-state index contributed by atoms with van der Waals surface area (Å²) < 4.78 is 0. The van der Waals surface area contributed by atoms with Crippen molar-refractivity contribution < 1.29 is 9.72 Å². The van der Waals surface area contributed by atoms with E-state index in [1.807, 2.05) is 0 Å². The summed E-state index contributed by atoms with van der Waals surface area (Å²) in [6, 6.07) is 6.47. The molecule has 1 aromatic rings. The molecule has 0 aromatic heterocycles. The Balaban J connectivity index is 1.83. The Morgan fingerprint density at radius 3 is 2.77 bits per heavy atom. The molecule has 2 atom stereocenters. The van der Waals surface area contributed by atoms with Gasteiger partial charge in [-0.05, 0) is 38.9 Å². The predicted molar refractivity (Wildman–Crippen MR) is 103 cm³/mol. The van der Waals surface area contributed by atoms with Gasteiger partial charge in [-0.3, -0.25) is 14.9 Å². The third kappa shape index (κ3) is 5.17. The molecule has 0 saturated heterocycles. The van der Waals surface area contributed by atoms with E-state index in [2.05, 4.69) is 36.6 Å². The van der Waals surface area contributed by atoms with Crippen molar-refractivity contribution in [2.24, 2.45) is 5.92 Å². The van der Waals surface area contributed by atoms with Crippen molar-refractivity contribution in [2.45, 2.75) is 44.6 Å². The fourth-order valence-corrected chi connectivity index (χ4v) is 3.80. The highest BCUT2D eigenvalue weighted by Crippen LogP contribution is 2.35. The van der Waals surface area contributed by atoms with Crippen LogP contribution < -0.4 is 10.6 Å². The van der Waals surface area contributed by atoms with Crippen molar-refractivity contribution in [3.05, 3.63) is 34.4 Å². The molecule has 144 valence electrons. The summed E-state index contributed by atoms with van der Waals surface area (Å²) in [6.45, 7) is 3.28. The number of anilines is 1. The summed E-state index contributed by atoms with van der Waals surface area (Å²) in [5.41, 5.74) is 0.491. The van der Waals surface area contributed by atoms with Gasteiger partial charge in [-0.2, -0.15) is 0 Å². The molecule has 7 nitrogen and oxygen atoms in total. The van der Waals surface area contributed by atoms with Crippen molar-refractivity contribution in [1.29, 1.82) is 0 Å². The molecule has 0 bridgehead atoms. The van der Waals surface area contributed by atoms with Gasteiger partial charge < -0.3 is 15.5 Å². The molecule has 7 heteroatoms. The molecular formula is C19H30N4O3. The van der Waals surface area contributed by atoms with Crippen LogP contribution in [0.5, 0.6) is 0 Å². The van der Waals surface area contributed by atoms with Crippen molar-refractivity contribution >= 4 is 17.3 Å². The summed E-state index contributed by atoms with van der Waals surface area (Å²) in [5, 5.41) is 17.1. The number of nitro groups is 1. The van der Waals surface area contributed by atoms with Crippen LogP contribution in [0.1, 0.15) is 39.0 Å². The molecular weight excluding hydrogens is 332 g/mol. The Morgan fingerprint density at radius 2 is 2.12 bits per heavy atom. The number of benzene rings is 1. The predicted octanol–water partition coefficient (Wildman–Crippen LogP) is 3.02. The van der Waals surface area contributed by atoms with E-state index in [1.54, 1.807) is 18.2 Å². The second kappa shape index (κ2) is 8.98. The van der Waals surface area contributed by atoms with Gasteiger partial charge >= 0.3 is 0 Å². The van der Waals surface area contributed by atoms with E-state index >= 15 is 0 Å². The SMILES string of the molecule is C[C@H]1CCC[C@](CNC(=O)CCNc2ccccc2[N+](=O)[O-])(N(C)C)C1. The summed E-state index contributed by atoms with van der Waals surface area (Å²) in [7, 11) is 4.17. The van der Waals surface area contributed by atoms with Crippen LogP contribution in [0, 0.1) is 16.0 Å². The average molecular weight is 362 g/mol. The van der Waals surface area contributed by atoms with Gasteiger partial charge in [-0.15, -0.1) is 0 Å². The number of hydrogen-bond acceptors (Lipinski definition) is 5. The maximum atomic E-state index is 12.2. The molecule has 1 saturated carbocycles. The number of para-hydroxylation sites is 2. The molecule has 1 aliphatic carbocycles. The van der Waals surface area contributed by atoms with E-state index in [0.717, 1.165) is 12.8 Å². The molecule has 0 spiro atoms. The largest absolute Gasteiger partial charge is 0.379 e. The quantitative estimate of drug-likeness (QED) is 0.548. The van der Waals surface area contributed by atoms with Gasteiger partial charge in [0.05, 0.1) is 4.92 Å². The number of amides is 1. The number of nitrogens with zero attached hydrogens (tertiary/aromatic N) is 2. The first-order valence-electron chi connectivity index (χ1n) is 9.25. The molecule has 1 aromatic carbocycles. The zero-order valence-corrected chi connectivity index (χ0v) is 16.0. The van der Waals surface area contributed by atoms with Crippen LogP contribution in [-0.4, -0.2) is 48.5 Å². The number of hydrogen-bond donors (Lipinski definition) is 2. The van der Waals surface area contributed by atoms with Crippen LogP contribution in [0.15, 0.2) is 24.3 Å². The maximum Gasteiger partial charge on any atom is 0.292 e. The van der Waals surface area contributed by atoms with E-state index in [4.69, 9.17) is 0 Å². The van der Waals surface area contributed by atoms with Gasteiger partial charge in [0.15, 0.2) is 0 Å². The molecule has 2 N–H and O–H groups in total. The zero-order valence-electron chi connectivity index (χ0n) is 16.0. The van der Waals surface area contributed by atoms with Gasteiger partial charge in [0.25, 0.3) is 5.69 Å². The lowest BCUT2D eigenvalue weighted by Gasteiger charge is -2.45. The summed E-state index contributed by atoms with van der Waals surface area (Å²) >= 11 is 0. The van der Waals surface area contributed by atoms with E-state index in [9.17, 15) is 14.9 Å². The van der Waals surface area contributed by atoms with Gasteiger partial charge in [-0.1, -0.05) is 31.9 Å². The number of likely N-dealkylation sites (N-methyl/N-ethyl adjacent to an activating group) is 1. The Bertz CT molecular complexity index is 635. The van der Waals surface area contributed by atoms with Crippen LogP contribution in [0.4, 0.5) is 11.4 Å². The second-order valence-electron chi connectivity index (χ2n) is 7.55. The Labute approximate surface area is 155 Å². The van der Waals surface area contributed by atoms with Crippen LogP contribution in [0.3, 0.4) is 0 Å². The minimum Gasteiger partial charge on any atom is -0.379 e. The molecule has 26 heavy (non-hydrogen) atoms. The molecule has 1 fully saturated rings. The number of nitro benzene ring substituents is 1. The van der Waals surface area contributed by atoms with Crippen molar-refractivity contribution in [1.82, 2.24) is 10.2 Å². The van der Waals surface area contributed by atoms with Crippen molar-refractivity contribution in [2.75, 3.05) is 32.5 Å². The third-order valence-corrected chi connectivity index (χ3v) is 5.40. The minimum absolute atomic E-state index is 0.0238. The lowest BCUT2D eigenvalue weighted by atomic mass is 9.75. The molecule has 0 aliphatic heterocycles. The number of carbonyl (C=O) groups is 1. The monoisotopic (exact) mass is 362 g/mol. The fourth-order valence-electron chi connectivity index (χ4n) is 3.80. The number of nitrogens with one attached hydrogen (secondary N) is 2. The number of carbonyl (C=O) groups excluding carboxylic acids is 1. The van der Waals surface area contributed by atoms with Crippen LogP contribution >= 0.6 is 0 Å². The average Bonchev–Trinajstić information content (AvgIpc) is 2.60. The first-order valence-corrected chi connectivity index (χ1v) is 9.25. The molecule has 2 rings (SSSR count). The highest BCUT2D eigenvalue weighted by molar-refractivity contribution is 5.76. The highest BCUT2D eigenvalue weighted by Gasteiger charge is 2.37. The molecule has 1 amide bonds. The maximum absolute atomic E-state index is 12.2. The topological polar surface area (TPSA) is 87.5 Å². The van der Waals surface area contributed by atoms with E-state index in [-0.39, 0.29) is 23.6 Å². The molecule has 0 heterocycles. The summed E-state index contributed by atoms with van der Waals surface area (Å²) in [5.74, 6) is 0.638. The van der Waals surface area contributed by atoms with Crippen LogP contribution in [-0.2, 0) is 4.79 Å². The number of rotatable bonds is 8. The Hall–Kier alpha value is -2.15. The van der Waals surface area contributed by atoms with Gasteiger partial charge in [0.2, 0.25) is 5.91 Å². The van der Waals surface area contributed by atoms with Crippen molar-refractivity contribution in [3.63, 3.8) is 0 Å².